The van der Waals surface area contributed by atoms with Crippen molar-refractivity contribution >= 4 is 11.9 Å². The smallest absolute Gasteiger partial charge is 0.307 e. The van der Waals surface area contributed by atoms with Gasteiger partial charge in [0.25, 0.3) is 0 Å². The molecule has 0 aromatic rings. The number of rotatable bonds is 18. The van der Waals surface area contributed by atoms with E-state index in [4.69, 9.17) is 9.84 Å². The fourth-order valence-corrected chi connectivity index (χ4v) is 2.95. The highest BCUT2D eigenvalue weighted by molar-refractivity contribution is 5.71. The molecule has 0 saturated heterocycles. The van der Waals surface area contributed by atoms with E-state index in [1.807, 2.05) is 51.5 Å². The summed E-state index contributed by atoms with van der Waals surface area (Å²) >= 11 is 0. The van der Waals surface area contributed by atoms with E-state index >= 15 is 0 Å². The molecule has 0 aliphatic rings. The molecular formula is C27H44NO4+. The van der Waals surface area contributed by atoms with Gasteiger partial charge in [-0.25, -0.2) is 0 Å². The van der Waals surface area contributed by atoms with Crippen LogP contribution < -0.4 is 0 Å². The van der Waals surface area contributed by atoms with Crippen molar-refractivity contribution in [3.8, 4) is 0 Å². The zero-order chi connectivity index (χ0) is 24.1. The normalized spacial score (nSPS) is 13.9. The van der Waals surface area contributed by atoms with Gasteiger partial charge < -0.3 is 14.3 Å². The van der Waals surface area contributed by atoms with Crippen LogP contribution >= 0.6 is 0 Å². The quantitative estimate of drug-likeness (QED) is 0.0922. The lowest BCUT2D eigenvalue weighted by atomic mass is 10.2. The van der Waals surface area contributed by atoms with Gasteiger partial charge >= 0.3 is 11.9 Å². The summed E-state index contributed by atoms with van der Waals surface area (Å²) < 4.78 is 5.92. The van der Waals surface area contributed by atoms with Crippen molar-refractivity contribution in [2.75, 3.05) is 27.7 Å². The van der Waals surface area contributed by atoms with Crippen molar-refractivity contribution in [3.05, 3.63) is 60.8 Å². The summed E-state index contributed by atoms with van der Waals surface area (Å²) in [5.41, 5.74) is 0. The summed E-state index contributed by atoms with van der Waals surface area (Å²) in [6.45, 7) is 2.69. The van der Waals surface area contributed by atoms with Gasteiger partial charge in [0.1, 0.15) is 6.54 Å². The molecule has 5 heteroatoms. The monoisotopic (exact) mass is 446 g/mol. The summed E-state index contributed by atoms with van der Waals surface area (Å²) in [6.07, 6.45) is 27.5. The summed E-state index contributed by atoms with van der Waals surface area (Å²) in [4.78, 5) is 23.0. The van der Waals surface area contributed by atoms with Crippen molar-refractivity contribution in [1.82, 2.24) is 0 Å². The fourth-order valence-electron chi connectivity index (χ4n) is 2.95. The fraction of sp³-hybridized carbons (Fsp3) is 0.556. The molecule has 180 valence electrons. The lowest BCUT2D eigenvalue weighted by molar-refractivity contribution is -0.873. The average Bonchev–Trinajstić information content (AvgIpc) is 2.68. The van der Waals surface area contributed by atoms with Crippen LogP contribution in [-0.4, -0.2) is 55.3 Å². The van der Waals surface area contributed by atoms with Gasteiger partial charge in [0.15, 0.2) is 6.10 Å². The molecular weight excluding hydrogens is 402 g/mol. The van der Waals surface area contributed by atoms with Crippen LogP contribution in [0.5, 0.6) is 0 Å². The Morgan fingerprint density at radius 1 is 0.844 bits per heavy atom. The van der Waals surface area contributed by atoms with E-state index in [1.54, 1.807) is 0 Å². The van der Waals surface area contributed by atoms with Gasteiger partial charge in [-0.1, -0.05) is 80.5 Å². The number of allylic oxidation sites excluding steroid dienone is 10. The Hall–Kier alpha value is -2.40. The van der Waals surface area contributed by atoms with Crippen molar-refractivity contribution in [3.63, 3.8) is 0 Å². The van der Waals surface area contributed by atoms with E-state index in [0.29, 0.717) is 23.9 Å². The minimum Gasteiger partial charge on any atom is -0.481 e. The highest BCUT2D eigenvalue weighted by atomic mass is 16.5. The highest BCUT2D eigenvalue weighted by Gasteiger charge is 2.24. The van der Waals surface area contributed by atoms with Gasteiger partial charge in [-0.2, -0.15) is 0 Å². The third-order valence-corrected chi connectivity index (χ3v) is 4.44. The SMILES string of the molecule is CCCCC/C=C/C=C/C=C/C=C/C/C=C/CCCC(=O)OC(CC(=O)O)C[N+](C)(C)C. The number of carboxylic acid groups (broad SMARTS) is 1. The Morgan fingerprint density at radius 3 is 2.09 bits per heavy atom. The van der Waals surface area contributed by atoms with Crippen LogP contribution in [0.3, 0.4) is 0 Å². The summed E-state index contributed by atoms with van der Waals surface area (Å²) in [5.74, 6) is -1.28. The highest BCUT2D eigenvalue weighted by Crippen LogP contribution is 2.08. The molecule has 1 atom stereocenters. The zero-order valence-corrected chi connectivity index (χ0v) is 20.5. The van der Waals surface area contributed by atoms with Gasteiger partial charge in [-0.05, 0) is 32.1 Å². The maximum absolute atomic E-state index is 12.0. The van der Waals surface area contributed by atoms with Crippen LogP contribution in [0.2, 0.25) is 0 Å². The summed E-state index contributed by atoms with van der Waals surface area (Å²) in [5, 5.41) is 9.00. The van der Waals surface area contributed by atoms with E-state index in [-0.39, 0.29) is 12.4 Å². The number of ether oxygens (including phenoxy) is 1. The van der Waals surface area contributed by atoms with E-state index in [2.05, 4.69) is 37.3 Å². The van der Waals surface area contributed by atoms with Crippen LogP contribution in [-0.2, 0) is 14.3 Å². The maximum atomic E-state index is 12.0. The Kier molecular flexibility index (Phi) is 17.9. The first kappa shape index (κ1) is 29.6. The van der Waals surface area contributed by atoms with Crippen molar-refractivity contribution in [2.24, 2.45) is 0 Å². The Labute approximate surface area is 195 Å². The van der Waals surface area contributed by atoms with E-state index in [1.165, 1.54) is 19.3 Å². The molecule has 5 nitrogen and oxygen atoms in total. The van der Waals surface area contributed by atoms with Crippen LogP contribution in [0.4, 0.5) is 0 Å². The Bertz CT molecular complexity index is 651. The molecule has 32 heavy (non-hydrogen) atoms. The summed E-state index contributed by atoms with van der Waals surface area (Å²) in [6, 6.07) is 0. The second-order valence-electron chi connectivity index (χ2n) is 8.90. The number of hydrogen-bond donors (Lipinski definition) is 1. The van der Waals surface area contributed by atoms with Crippen LogP contribution in [0, 0.1) is 0 Å². The third-order valence-electron chi connectivity index (χ3n) is 4.44. The number of aliphatic carboxylic acids is 1. The topological polar surface area (TPSA) is 63.6 Å². The second-order valence-corrected chi connectivity index (χ2v) is 8.90. The average molecular weight is 447 g/mol. The predicted octanol–water partition coefficient (Wildman–Crippen LogP) is 6.00. The lowest BCUT2D eigenvalue weighted by Crippen LogP contribution is -2.43. The number of carbonyl (C=O) groups excluding carboxylic acids is 1. The molecule has 0 aromatic heterocycles. The van der Waals surface area contributed by atoms with E-state index in [9.17, 15) is 9.59 Å². The number of esters is 1. The molecule has 1 N–H and O–H groups in total. The van der Waals surface area contributed by atoms with Gasteiger partial charge in [0.2, 0.25) is 0 Å². The predicted molar refractivity (Wildman–Crippen MR) is 133 cm³/mol. The number of unbranched alkanes of at least 4 members (excludes halogenated alkanes) is 4. The minimum atomic E-state index is -0.951. The van der Waals surface area contributed by atoms with Crippen molar-refractivity contribution in [1.29, 1.82) is 0 Å². The molecule has 0 rings (SSSR count). The standard InChI is InChI=1S/C27H43NO4/c1-5-6-7-8-9-10-11-12-13-14-15-16-17-18-19-20-21-22-27(31)32-25(23-26(29)30)24-28(2,3)4/h9-16,18-19,25H,5-8,17,20-24H2,1-4H3/p+1/b10-9+,12-11+,14-13+,16-15+,19-18+. The van der Waals surface area contributed by atoms with Crippen molar-refractivity contribution < 1.29 is 23.9 Å². The molecule has 0 bridgehead atoms. The number of likely N-dealkylation sites (N-methyl/N-ethyl adjacent to an activating group) is 1. The van der Waals surface area contributed by atoms with Crippen LogP contribution in [0.25, 0.3) is 0 Å². The Balaban J connectivity index is 3.95. The zero-order valence-electron chi connectivity index (χ0n) is 20.5. The number of nitrogens with zero attached hydrogens (tertiary/aromatic N) is 1. The van der Waals surface area contributed by atoms with Gasteiger partial charge in [0, 0.05) is 6.42 Å². The first-order valence-corrected chi connectivity index (χ1v) is 11.8. The third kappa shape index (κ3) is 22.3. The van der Waals surface area contributed by atoms with Crippen molar-refractivity contribution in [2.45, 2.75) is 70.8 Å². The van der Waals surface area contributed by atoms with E-state index in [0.717, 1.165) is 19.3 Å². The molecule has 0 fully saturated rings. The molecule has 0 amide bonds. The number of carbonyl (C=O) groups is 2. The van der Waals surface area contributed by atoms with Gasteiger partial charge in [-0.3, -0.25) is 9.59 Å². The molecule has 0 aliphatic carbocycles. The van der Waals surface area contributed by atoms with Gasteiger partial charge in [0.05, 0.1) is 27.6 Å². The minimum absolute atomic E-state index is 0.159. The first-order valence-electron chi connectivity index (χ1n) is 11.8. The summed E-state index contributed by atoms with van der Waals surface area (Å²) in [7, 11) is 5.84. The molecule has 0 saturated carbocycles. The molecule has 0 aromatic carbocycles. The second kappa shape index (κ2) is 19.3. The Morgan fingerprint density at radius 2 is 1.47 bits per heavy atom. The lowest BCUT2D eigenvalue weighted by Gasteiger charge is -2.28. The van der Waals surface area contributed by atoms with E-state index < -0.39 is 12.1 Å². The number of quaternary nitrogens is 1. The van der Waals surface area contributed by atoms with Crippen LogP contribution in [0.1, 0.15) is 64.7 Å². The molecule has 0 heterocycles. The number of hydrogen-bond acceptors (Lipinski definition) is 3. The maximum Gasteiger partial charge on any atom is 0.307 e. The molecule has 1 unspecified atom stereocenters. The molecule has 0 radical (unpaired) electrons. The van der Waals surface area contributed by atoms with Crippen LogP contribution in [0.15, 0.2) is 60.8 Å². The molecule has 0 aliphatic heterocycles. The number of carboxylic acids is 1. The first-order chi connectivity index (χ1) is 15.2. The largest absolute Gasteiger partial charge is 0.481 e. The van der Waals surface area contributed by atoms with Gasteiger partial charge in [-0.15, -0.1) is 0 Å². The molecule has 0 spiro atoms.